The van der Waals surface area contributed by atoms with Crippen molar-refractivity contribution in [2.24, 2.45) is 0 Å². The summed E-state index contributed by atoms with van der Waals surface area (Å²) in [4.78, 5) is 19.8. The first-order valence-electron chi connectivity index (χ1n) is 5.78. The van der Waals surface area contributed by atoms with Crippen molar-refractivity contribution in [2.75, 3.05) is 12.8 Å². The first-order chi connectivity index (χ1) is 9.60. The molecule has 0 fully saturated rings. The first-order valence-corrected chi connectivity index (χ1v) is 6.16. The molecule has 2 aromatic rings. The zero-order chi connectivity index (χ0) is 14.5. The minimum Gasteiger partial charge on any atom is -0.481 e. The molecule has 7 heteroatoms. The van der Waals surface area contributed by atoms with Crippen molar-refractivity contribution in [3.63, 3.8) is 0 Å². The second-order valence-corrected chi connectivity index (χ2v) is 4.37. The summed E-state index contributed by atoms with van der Waals surface area (Å²) in [5.74, 6) is 0.172. The van der Waals surface area contributed by atoms with E-state index < -0.39 is 0 Å². The van der Waals surface area contributed by atoms with Crippen molar-refractivity contribution in [3.8, 4) is 5.88 Å². The highest BCUT2D eigenvalue weighted by molar-refractivity contribution is 6.29. The number of rotatable bonds is 4. The van der Waals surface area contributed by atoms with Gasteiger partial charge in [-0.15, -0.1) is 0 Å². The lowest BCUT2D eigenvalue weighted by Gasteiger charge is -2.08. The molecule has 104 valence electrons. The van der Waals surface area contributed by atoms with Gasteiger partial charge in [-0.1, -0.05) is 11.6 Å². The largest absolute Gasteiger partial charge is 0.481 e. The Labute approximate surface area is 120 Å². The molecule has 1 amide bonds. The number of nitrogens with zero attached hydrogens (tertiary/aromatic N) is 2. The molecule has 0 aromatic carbocycles. The Morgan fingerprint density at radius 2 is 2.25 bits per heavy atom. The van der Waals surface area contributed by atoms with Gasteiger partial charge in [0.1, 0.15) is 5.15 Å². The second kappa shape index (κ2) is 6.21. The normalized spacial score (nSPS) is 10.1. The molecule has 0 atom stereocenters. The third kappa shape index (κ3) is 3.36. The van der Waals surface area contributed by atoms with E-state index in [0.29, 0.717) is 18.0 Å². The summed E-state index contributed by atoms with van der Waals surface area (Å²) in [6.07, 6.45) is 2.96. The highest BCUT2D eigenvalue weighted by Crippen LogP contribution is 2.15. The highest BCUT2D eigenvalue weighted by Gasteiger charge is 2.11. The van der Waals surface area contributed by atoms with Crippen LogP contribution in [-0.2, 0) is 6.54 Å². The average molecular weight is 293 g/mol. The molecule has 0 aliphatic carbocycles. The Balaban J connectivity index is 2.06. The van der Waals surface area contributed by atoms with Crippen LogP contribution in [0.2, 0.25) is 5.15 Å². The highest BCUT2D eigenvalue weighted by atomic mass is 35.5. The van der Waals surface area contributed by atoms with Crippen LogP contribution < -0.4 is 15.8 Å². The number of aromatic nitrogens is 2. The van der Waals surface area contributed by atoms with Crippen LogP contribution >= 0.6 is 11.6 Å². The lowest BCUT2D eigenvalue weighted by Crippen LogP contribution is -2.24. The lowest BCUT2D eigenvalue weighted by molar-refractivity contribution is 0.0951. The SMILES string of the molecule is COc1cc(CNC(=O)c2cc(Cl)ncc2N)ccn1. The van der Waals surface area contributed by atoms with Crippen LogP contribution in [0.15, 0.2) is 30.6 Å². The van der Waals surface area contributed by atoms with Crippen LogP contribution in [0.1, 0.15) is 15.9 Å². The molecule has 0 saturated carbocycles. The number of carbonyl (C=O) groups is 1. The molecule has 2 aromatic heterocycles. The van der Waals surface area contributed by atoms with Crippen LogP contribution in [-0.4, -0.2) is 23.0 Å². The van der Waals surface area contributed by atoms with Crippen molar-refractivity contribution >= 4 is 23.2 Å². The first kappa shape index (κ1) is 14.1. The average Bonchev–Trinajstić information content (AvgIpc) is 2.47. The Bertz CT molecular complexity index is 634. The van der Waals surface area contributed by atoms with Gasteiger partial charge >= 0.3 is 0 Å². The van der Waals surface area contributed by atoms with Crippen LogP contribution in [0, 0.1) is 0 Å². The second-order valence-electron chi connectivity index (χ2n) is 3.98. The van der Waals surface area contributed by atoms with Crippen molar-refractivity contribution < 1.29 is 9.53 Å². The maximum Gasteiger partial charge on any atom is 0.253 e. The number of methoxy groups -OCH3 is 1. The summed E-state index contributed by atoms with van der Waals surface area (Å²) in [5, 5.41) is 2.96. The van der Waals surface area contributed by atoms with Gasteiger partial charge in [0.25, 0.3) is 5.91 Å². The summed E-state index contributed by atoms with van der Waals surface area (Å²) in [6.45, 7) is 0.330. The van der Waals surface area contributed by atoms with Gasteiger partial charge in [0.15, 0.2) is 0 Å². The monoisotopic (exact) mass is 292 g/mol. The van der Waals surface area contributed by atoms with E-state index in [-0.39, 0.29) is 16.7 Å². The molecule has 6 nitrogen and oxygen atoms in total. The maximum atomic E-state index is 12.0. The molecule has 0 bridgehead atoms. The molecule has 3 N–H and O–H groups in total. The molecule has 0 unspecified atom stereocenters. The molecule has 0 spiro atoms. The minimum absolute atomic E-state index is 0.218. The van der Waals surface area contributed by atoms with E-state index in [2.05, 4.69) is 15.3 Å². The fraction of sp³-hybridized carbons (Fsp3) is 0.154. The fourth-order valence-corrected chi connectivity index (χ4v) is 1.74. The van der Waals surface area contributed by atoms with Crippen LogP contribution in [0.5, 0.6) is 5.88 Å². The van der Waals surface area contributed by atoms with Gasteiger partial charge in [-0.2, -0.15) is 0 Å². The molecular weight excluding hydrogens is 280 g/mol. The van der Waals surface area contributed by atoms with Crippen LogP contribution in [0.3, 0.4) is 0 Å². The fourth-order valence-electron chi connectivity index (χ4n) is 1.59. The summed E-state index contributed by atoms with van der Waals surface area (Å²) >= 11 is 5.75. The Hall–Kier alpha value is -2.34. The number of carbonyl (C=O) groups excluding carboxylic acids is 1. The van der Waals surface area contributed by atoms with Gasteiger partial charge in [-0.3, -0.25) is 4.79 Å². The molecule has 2 rings (SSSR count). The molecule has 0 aliphatic rings. The number of hydrogen-bond acceptors (Lipinski definition) is 5. The van der Waals surface area contributed by atoms with E-state index in [1.54, 1.807) is 18.3 Å². The predicted octanol–water partition coefficient (Wildman–Crippen LogP) is 1.65. The zero-order valence-corrected chi connectivity index (χ0v) is 11.5. The number of halogens is 1. The molecule has 2 heterocycles. The number of amides is 1. The predicted molar refractivity (Wildman–Crippen MR) is 75.6 cm³/mol. The summed E-state index contributed by atoms with van der Waals surface area (Å²) in [6, 6.07) is 4.95. The number of ether oxygens (including phenoxy) is 1. The van der Waals surface area contributed by atoms with Crippen molar-refractivity contribution in [1.29, 1.82) is 0 Å². The quantitative estimate of drug-likeness (QED) is 0.836. The van der Waals surface area contributed by atoms with E-state index >= 15 is 0 Å². The third-order valence-corrected chi connectivity index (χ3v) is 2.81. The summed E-state index contributed by atoms with van der Waals surface area (Å²) in [5.41, 5.74) is 7.13. The minimum atomic E-state index is -0.317. The topological polar surface area (TPSA) is 90.1 Å². The van der Waals surface area contributed by atoms with Crippen molar-refractivity contribution in [3.05, 3.63) is 46.9 Å². The van der Waals surface area contributed by atoms with E-state index in [9.17, 15) is 4.79 Å². The van der Waals surface area contributed by atoms with E-state index in [1.165, 1.54) is 19.4 Å². The van der Waals surface area contributed by atoms with Gasteiger partial charge in [-0.25, -0.2) is 9.97 Å². The number of nitrogen functional groups attached to an aromatic ring is 1. The molecule has 0 aliphatic heterocycles. The van der Waals surface area contributed by atoms with Gasteiger partial charge in [0.2, 0.25) is 5.88 Å². The smallest absolute Gasteiger partial charge is 0.253 e. The Kier molecular flexibility index (Phi) is 4.37. The van der Waals surface area contributed by atoms with Crippen molar-refractivity contribution in [1.82, 2.24) is 15.3 Å². The van der Waals surface area contributed by atoms with Gasteiger partial charge in [0, 0.05) is 18.8 Å². The Morgan fingerprint density at radius 3 is 3.00 bits per heavy atom. The molecule has 0 saturated heterocycles. The lowest BCUT2D eigenvalue weighted by atomic mass is 10.2. The number of nitrogens with two attached hydrogens (primary N) is 1. The van der Waals surface area contributed by atoms with Gasteiger partial charge in [0.05, 0.1) is 24.6 Å². The van der Waals surface area contributed by atoms with Crippen LogP contribution in [0.25, 0.3) is 0 Å². The Morgan fingerprint density at radius 1 is 1.45 bits per heavy atom. The van der Waals surface area contributed by atoms with Gasteiger partial charge < -0.3 is 15.8 Å². The van der Waals surface area contributed by atoms with E-state index in [1.807, 2.05) is 0 Å². The van der Waals surface area contributed by atoms with Gasteiger partial charge in [-0.05, 0) is 17.7 Å². The van der Waals surface area contributed by atoms with E-state index in [4.69, 9.17) is 22.1 Å². The van der Waals surface area contributed by atoms with Crippen LogP contribution in [0.4, 0.5) is 5.69 Å². The number of nitrogens with one attached hydrogen (secondary N) is 1. The number of pyridine rings is 2. The summed E-state index contributed by atoms with van der Waals surface area (Å²) in [7, 11) is 1.53. The third-order valence-electron chi connectivity index (χ3n) is 2.61. The summed E-state index contributed by atoms with van der Waals surface area (Å²) < 4.78 is 5.01. The number of anilines is 1. The zero-order valence-electron chi connectivity index (χ0n) is 10.8. The molecule has 20 heavy (non-hydrogen) atoms. The van der Waals surface area contributed by atoms with Crippen molar-refractivity contribution in [2.45, 2.75) is 6.54 Å². The number of hydrogen-bond donors (Lipinski definition) is 2. The molecule has 0 radical (unpaired) electrons. The van der Waals surface area contributed by atoms with E-state index in [0.717, 1.165) is 5.56 Å². The maximum absolute atomic E-state index is 12.0. The standard InChI is InChI=1S/C13H13ClN4O2/c1-20-12-4-8(2-3-16-12)6-18-13(19)9-5-11(14)17-7-10(9)15/h2-5,7H,6,15H2,1H3,(H,18,19). The molecular formula is C13H13ClN4O2.